The summed E-state index contributed by atoms with van der Waals surface area (Å²) in [5, 5.41) is 15.7. The van der Waals surface area contributed by atoms with Crippen molar-refractivity contribution in [3.05, 3.63) is 11.3 Å². The number of nitrogens with zero attached hydrogens (tertiary/aromatic N) is 2. The van der Waals surface area contributed by atoms with Gasteiger partial charge in [-0.3, -0.25) is 5.10 Å². The molecule has 1 fully saturated rings. The second-order valence-corrected chi connectivity index (χ2v) is 6.70. The van der Waals surface area contributed by atoms with Crippen molar-refractivity contribution < 1.29 is 18.3 Å². The molecule has 8 heteroatoms. The minimum absolute atomic E-state index is 0.0626. The first-order valence-electron chi connectivity index (χ1n) is 6.77. The van der Waals surface area contributed by atoms with Crippen LogP contribution in [0, 0.1) is 6.92 Å². The maximum absolute atomic E-state index is 12.5. The van der Waals surface area contributed by atoms with Crippen molar-refractivity contribution in [3.8, 4) is 0 Å². The van der Waals surface area contributed by atoms with E-state index >= 15 is 0 Å². The normalized spacial score (nSPS) is 18.6. The summed E-state index contributed by atoms with van der Waals surface area (Å²) < 4.78 is 32.0. The van der Waals surface area contributed by atoms with E-state index < -0.39 is 10.0 Å². The predicted molar refractivity (Wildman–Crippen MR) is 72.7 cm³/mol. The quantitative estimate of drug-likeness (QED) is 0.821. The van der Waals surface area contributed by atoms with E-state index in [9.17, 15) is 13.5 Å². The van der Waals surface area contributed by atoms with Crippen molar-refractivity contribution in [3.63, 3.8) is 0 Å². The molecule has 114 valence electrons. The second-order valence-electron chi connectivity index (χ2n) is 4.85. The number of aromatic nitrogens is 2. The molecule has 1 aromatic rings. The van der Waals surface area contributed by atoms with Crippen molar-refractivity contribution in [1.29, 1.82) is 0 Å². The van der Waals surface area contributed by atoms with E-state index in [1.54, 1.807) is 6.92 Å². The van der Waals surface area contributed by atoms with Crippen LogP contribution in [0.25, 0.3) is 0 Å². The van der Waals surface area contributed by atoms with E-state index in [1.165, 1.54) is 4.31 Å². The number of sulfonamides is 1. The summed E-state index contributed by atoms with van der Waals surface area (Å²) in [6.07, 6.45) is 1.50. The molecule has 2 heterocycles. The number of aliphatic hydroxyl groups is 1. The second kappa shape index (κ2) is 6.21. The zero-order valence-corrected chi connectivity index (χ0v) is 12.6. The largest absolute Gasteiger partial charge is 0.392 e. The fourth-order valence-corrected chi connectivity index (χ4v) is 4.05. The molecular formula is C12H21N3O4S. The van der Waals surface area contributed by atoms with Crippen LogP contribution in [-0.4, -0.2) is 53.8 Å². The molecule has 2 rings (SSSR count). The SMILES string of the molecule is CCOC1CCN(S(=O)(=O)c2n[nH]c(C)c2CO)CC1. The van der Waals surface area contributed by atoms with Crippen molar-refractivity contribution >= 4 is 10.0 Å². The lowest BCUT2D eigenvalue weighted by atomic mass is 10.1. The zero-order chi connectivity index (χ0) is 14.8. The van der Waals surface area contributed by atoms with Crippen LogP contribution in [0.5, 0.6) is 0 Å². The molecule has 0 unspecified atom stereocenters. The number of rotatable bonds is 5. The van der Waals surface area contributed by atoms with E-state index in [1.807, 2.05) is 6.92 Å². The molecule has 1 saturated heterocycles. The molecule has 0 spiro atoms. The van der Waals surface area contributed by atoms with Gasteiger partial charge in [0.15, 0.2) is 5.03 Å². The first-order valence-corrected chi connectivity index (χ1v) is 8.21. The molecule has 20 heavy (non-hydrogen) atoms. The van der Waals surface area contributed by atoms with Crippen LogP contribution in [0.4, 0.5) is 0 Å². The molecule has 0 saturated carbocycles. The summed E-state index contributed by atoms with van der Waals surface area (Å²) in [4.78, 5) is 0. The van der Waals surface area contributed by atoms with Gasteiger partial charge in [-0.25, -0.2) is 8.42 Å². The third kappa shape index (κ3) is 2.88. The number of aromatic amines is 1. The van der Waals surface area contributed by atoms with Crippen molar-refractivity contribution in [2.75, 3.05) is 19.7 Å². The molecule has 0 radical (unpaired) electrons. The Morgan fingerprint density at radius 2 is 2.10 bits per heavy atom. The van der Waals surface area contributed by atoms with Crippen molar-refractivity contribution in [1.82, 2.24) is 14.5 Å². The number of piperidine rings is 1. The topological polar surface area (TPSA) is 95.5 Å². The lowest BCUT2D eigenvalue weighted by Gasteiger charge is -2.30. The number of hydrogen-bond donors (Lipinski definition) is 2. The number of nitrogens with one attached hydrogen (secondary N) is 1. The van der Waals surface area contributed by atoms with Crippen LogP contribution in [-0.2, 0) is 21.4 Å². The Balaban J connectivity index is 2.15. The first kappa shape index (κ1) is 15.4. The van der Waals surface area contributed by atoms with Crippen molar-refractivity contribution in [2.24, 2.45) is 0 Å². The van der Waals surface area contributed by atoms with Gasteiger partial charge in [0, 0.05) is 31.0 Å². The summed E-state index contributed by atoms with van der Waals surface area (Å²) >= 11 is 0. The maximum Gasteiger partial charge on any atom is 0.262 e. The summed E-state index contributed by atoms with van der Waals surface area (Å²) in [7, 11) is -3.65. The Kier molecular flexibility index (Phi) is 4.79. The van der Waals surface area contributed by atoms with Gasteiger partial charge in [-0.2, -0.15) is 9.40 Å². The van der Waals surface area contributed by atoms with E-state index in [0.717, 1.165) is 0 Å². The van der Waals surface area contributed by atoms with Gasteiger partial charge >= 0.3 is 0 Å². The minimum atomic E-state index is -3.65. The maximum atomic E-state index is 12.5. The van der Waals surface area contributed by atoms with E-state index in [0.29, 0.717) is 43.8 Å². The predicted octanol–water partition coefficient (Wildman–Crippen LogP) is 0.400. The van der Waals surface area contributed by atoms with Crippen LogP contribution < -0.4 is 0 Å². The molecule has 0 aliphatic carbocycles. The highest BCUT2D eigenvalue weighted by Crippen LogP contribution is 2.24. The highest BCUT2D eigenvalue weighted by Gasteiger charge is 2.33. The number of ether oxygens (including phenoxy) is 1. The Labute approximate surface area is 119 Å². The lowest BCUT2D eigenvalue weighted by molar-refractivity contribution is 0.0289. The first-order chi connectivity index (χ1) is 9.50. The Morgan fingerprint density at radius 1 is 1.45 bits per heavy atom. The summed E-state index contributed by atoms with van der Waals surface area (Å²) in [5.74, 6) is 0. The molecular weight excluding hydrogens is 282 g/mol. The highest BCUT2D eigenvalue weighted by molar-refractivity contribution is 7.89. The third-order valence-electron chi connectivity index (χ3n) is 3.58. The monoisotopic (exact) mass is 303 g/mol. The fraction of sp³-hybridized carbons (Fsp3) is 0.750. The summed E-state index contributed by atoms with van der Waals surface area (Å²) in [5.41, 5.74) is 0.923. The average molecular weight is 303 g/mol. The van der Waals surface area contributed by atoms with Gasteiger partial charge in [-0.15, -0.1) is 0 Å². The average Bonchev–Trinajstić information content (AvgIpc) is 2.81. The fourth-order valence-electron chi connectivity index (χ4n) is 2.43. The highest BCUT2D eigenvalue weighted by atomic mass is 32.2. The van der Waals surface area contributed by atoms with Crippen LogP contribution in [0.2, 0.25) is 0 Å². The van der Waals surface area contributed by atoms with Crippen LogP contribution >= 0.6 is 0 Å². The van der Waals surface area contributed by atoms with Gasteiger partial charge in [0.05, 0.1) is 12.7 Å². The van der Waals surface area contributed by atoms with Crippen LogP contribution in [0.3, 0.4) is 0 Å². The number of aryl methyl sites for hydroxylation is 1. The van der Waals surface area contributed by atoms with Gasteiger partial charge in [0.25, 0.3) is 10.0 Å². The molecule has 0 amide bonds. The molecule has 1 aromatic heterocycles. The standard InChI is InChI=1S/C12H21N3O4S/c1-3-19-10-4-6-15(7-5-10)20(17,18)12-11(8-16)9(2)13-14-12/h10,16H,3-8H2,1-2H3,(H,13,14). The lowest BCUT2D eigenvalue weighted by Crippen LogP contribution is -2.41. The smallest absolute Gasteiger partial charge is 0.262 e. The third-order valence-corrected chi connectivity index (χ3v) is 5.45. The van der Waals surface area contributed by atoms with Crippen molar-refractivity contribution in [2.45, 2.75) is 44.4 Å². The van der Waals surface area contributed by atoms with Gasteiger partial charge in [0.2, 0.25) is 0 Å². The van der Waals surface area contributed by atoms with Gasteiger partial charge in [0.1, 0.15) is 0 Å². The van der Waals surface area contributed by atoms with Gasteiger partial charge in [-0.1, -0.05) is 0 Å². The van der Waals surface area contributed by atoms with E-state index in [2.05, 4.69) is 10.2 Å². The Bertz CT molecular complexity index is 547. The minimum Gasteiger partial charge on any atom is -0.392 e. The zero-order valence-electron chi connectivity index (χ0n) is 11.8. The van der Waals surface area contributed by atoms with E-state index in [4.69, 9.17) is 4.74 Å². The number of H-pyrrole nitrogens is 1. The molecule has 7 nitrogen and oxygen atoms in total. The molecule has 0 atom stereocenters. The summed E-state index contributed by atoms with van der Waals surface area (Å²) in [6, 6.07) is 0. The molecule has 1 aliphatic rings. The Hall–Kier alpha value is -0.960. The molecule has 0 aromatic carbocycles. The molecule has 1 aliphatic heterocycles. The van der Waals surface area contributed by atoms with Gasteiger partial charge < -0.3 is 9.84 Å². The van der Waals surface area contributed by atoms with E-state index in [-0.39, 0.29) is 17.7 Å². The van der Waals surface area contributed by atoms with Crippen LogP contribution in [0.1, 0.15) is 31.0 Å². The number of hydrogen-bond acceptors (Lipinski definition) is 5. The molecule has 2 N–H and O–H groups in total. The summed E-state index contributed by atoms with van der Waals surface area (Å²) in [6.45, 7) is 4.77. The number of aliphatic hydroxyl groups excluding tert-OH is 1. The Morgan fingerprint density at radius 3 is 2.65 bits per heavy atom. The van der Waals surface area contributed by atoms with Crippen LogP contribution in [0.15, 0.2) is 5.03 Å². The molecule has 0 bridgehead atoms. The van der Waals surface area contributed by atoms with Gasteiger partial charge in [-0.05, 0) is 26.7 Å².